The lowest BCUT2D eigenvalue weighted by Gasteiger charge is -2.25. The van der Waals surface area contributed by atoms with Crippen molar-refractivity contribution in [2.24, 2.45) is 0 Å². The Labute approximate surface area is 172 Å². The third kappa shape index (κ3) is 5.75. The Morgan fingerprint density at radius 2 is 1.71 bits per heavy atom. The monoisotopic (exact) mass is 420 g/mol. The van der Waals surface area contributed by atoms with Gasteiger partial charge in [-0.2, -0.15) is 0 Å². The fraction of sp³-hybridized carbons (Fsp3) is 0.381. The molecule has 2 rings (SSSR count). The van der Waals surface area contributed by atoms with Crippen molar-refractivity contribution in [3.05, 3.63) is 54.1 Å². The van der Waals surface area contributed by atoms with Gasteiger partial charge in [-0.1, -0.05) is 31.0 Å². The van der Waals surface area contributed by atoms with Gasteiger partial charge in [-0.15, -0.1) is 11.8 Å². The number of hydrogen-bond acceptors (Lipinski definition) is 4. The van der Waals surface area contributed by atoms with Crippen LogP contribution < -0.4 is 9.62 Å². The van der Waals surface area contributed by atoms with Crippen molar-refractivity contribution in [1.29, 1.82) is 0 Å². The molecule has 0 heterocycles. The van der Waals surface area contributed by atoms with Crippen LogP contribution >= 0.6 is 11.8 Å². The molecule has 0 radical (unpaired) electrons. The smallest absolute Gasteiger partial charge is 0.264 e. The van der Waals surface area contributed by atoms with E-state index in [0.717, 1.165) is 23.3 Å². The summed E-state index contributed by atoms with van der Waals surface area (Å²) in [7, 11) is -3.87. The summed E-state index contributed by atoms with van der Waals surface area (Å²) >= 11 is 1.54. The molecule has 0 aliphatic carbocycles. The highest BCUT2D eigenvalue weighted by atomic mass is 32.2. The lowest BCUT2D eigenvalue weighted by atomic mass is 10.2. The van der Waals surface area contributed by atoms with Crippen LogP contribution in [0.1, 0.15) is 32.3 Å². The van der Waals surface area contributed by atoms with Crippen molar-refractivity contribution in [2.75, 3.05) is 17.1 Å². The minimum Gasteiger partial charge on any atom is -0.352 e. The van der Waals surface area contributed by atoms with Crippen LogP contribution in [-0.2, 0) is 14.8 Å². The van der Waals surface area contributed by atoms with E-state index in [1.165, 1.54) is 4.31 Å². The Morgan fingerprint density at radius 3 is 2.25 bits per heavy atom. The van der Waals surface area contributed by atoms with Gasteiger partial charge in [-0.25, -0.2) is 8.42 Å². The second-order valence-corrected chi connectivity index (χ2v) is 9.52. The van der Waals surface area contributed by atoms with Crippen LogP contribution in [0.3, 0.4) is 0 Å². The minimum absolute atomic E-state index is 0.000865. The van der Waals surface area contributed by atoms with Gasteiger partial charge in [0, 0.05) is 10.9 Å². The van der Waals surface area contributed by atoms with Gasteiger partial charge in [0.15, 0.2) is 0 Å². The Balaban J connectivity index is 2.36. The SMILES string of the molecule is CCC[C@H](C)NC(=O)CN(c1ccc(C)cc1)S(=O)(=O)c1ccc(SC)cc1. The van der Waals surface area contributed by atoms with E-state index in [-0.39, 0.29) is 23.4 Å². The molecular weight excluding hydrogens is 392 g/mol. The first-order valence-electron chi connectivity index (χ1n) is 9.30. The quantitative estimate of drug-likeness (QED) is 0.617. The average Bonchev–Trinajstić information content (AvgIpc) is 2.67. The van der Waals surface area contributed by atoms with Gasteiger partial charge in [-0.3, -0.25) is 9.10 Å². The third-order valence-electron chi connectivity index (χ3n) is 4.39. The molecule has 0 fully saturated rings. The van der Waals surface area contributed by atoms with E-state index >= 15 is 0 Å². The van der Waals surface area contributed by atoms with Gasteiger partial charge in [0.2, 0.25) is 5.91 Å². The lowest BCUT2D eigenvalue weighted by molar-refractivity contribution is -0.120. The highest BCUT2D eigenvalue weighted by molar-refractivity contribution is 7.98. The lowest BCUT2D eigenvalue weighted by Crippen LogP contribution is -2.43. The highest BCUT2D eigenvalue weighted by Crippen LogP contribution is 2.25. The summed E-state index contributed by atoms with van der Waals surface area (Å²) in [4.78, 5) is 13.7. The molecule has 0 unspecified atom stereocenters. The topological polar surface area (TPSA) is 66.5 Å². The molecule has 0 saturated carbocycles. The number of thioether (sulfide) groups is 1. The predicted octanol–water partition coefficient (Wildman–Crippen LogP) is 4.22. The van der Waals surface area contributed by atoms with Gasteiger partial charge in [0.25, 0.3) is 10.0 Å². The number of hydrogen-bond donors (Lipinski definition) is 1. The standard InChI is InChI=1S/C21H28N2O3S2/c1-5-6-17(3)22-21(24)15-23(18-9-7-16(2)8-10-18)28(25,26)20-13-11-19(27-4)12-14-20/h7-14,17H,5-6,15H2,1-4H3,(H,22,24)/t17-/m0/s1. The normalized spacial score (nSPS) is 12.4. The molecule has 0 bridgehead atoms. The number of benzene rings is 2. The number of sulfonamides is 1. The van der Waals surface area contributed by atoms with Crippen LogP contribution in [-0.4, -0.2) is 33.2 Å². The molecule has 0 spiro atoms. The molecule has 0 saturated heterocycles. The van der Waals surface area contributed by atoms with Crippen LogP contribution in [0.4, 0.5) is 5.69 Å². The summed E-state index contributed by atoms with van der Waals surface area (Å²) in [5, 5.41) is 2.89. The van der Waals surface area contributed by atoms with Crippen LogP contribution in [0.15, 0.2) is 58.3 Å². The maximum atomic E-state index is 13.3. The van der Waals surface area contributed by atoms with Gasteiger partial charge < -0.3 is 5.32 Å². The zero-order valence-corrected chi connectivity index (χ0v) is 18.4. The van der Waals surface area contributed by atoms with Crippen molar-refractivity contribution in [1.82, 2.24) is 5.32 Å². The zero-order chi connectivity index (χ0) is 20.7. The molecule has 1 N–H and O–H groups in total. The first kappa shape index (κ1) is 22.3. The highest BCUT2D eigenvalue weighted by Gasteiger charge is 2.27. The number of carbonyl (C=O) groups excluding carboxylic acids is 1. The Bertz CT molecular complexity index is 879. The van der Waals surface area contributed by atoms with E-state index in [1.54, 1.807) is 48.2 Å². The first-order valence-corrected chi connectivity index (χ1v) is 12.0. The number of carbonyl (C=O) groups is 1. The Hall–Kier alpha value is -1.99. The first-order chi connectivity index (χ1) is 13.3. The molecule has 2 aromatic rings. The average molecular weight is 421 g/mol. The van der Waals surface area contributed by atoms with E-state index in [1.807, 2.05) is 39.2 Å². The van der Waals surface area contributed by atoms with E-state index in [2.05, 4.69) is 5.32 Å². The van der Waals surface area contributed by atoms with Crippen molar-refractivity contribution in [3.63, 3.8) is 0 Å². The summed E-state index contributed by atoms with van der Waals surface area (Å²) in [5.74, 6) is -0.314. The van der Waals surface area contributed by atoms with E-state index < -0.39 is 10.0 Å². The zero-order valence-electron chi connectivity index (χ0n) is 16.8. The van der Waals surface area contributed by atoms with Crippen molar-refractivity contribution >= 4 is 33.4 Å². The largest absolute Gasteiger partial charge is 0.352 e. The van der Waals surface area contributed by atoms with Crippen LogP contribution in [0, 0.1) is 6.92 Å². The molecule has 1 atom stereocenters. The predicted molar refractivity (Wildman–Crippen MR) is 116 cm³/mol. The van der Waals surface area contributed by atoms with E-state index in [4.69, 9.17) is 0 Å². The number of aryl methyl sites for hydroxylation is 1. The van der Waals surface area contributed by atoms with Crippen LogP contribution in [0.5, 0.6) is 0 Å². The van der Waals surface area contributed by atoms with Crippen LogP contribution in [0.2, 0.25) is 0 Å². The van der Waals surface area contributed by atoms with Gasteiger partial charge >= 0.3 is 0 Å². The number of nitrogens with one attached hydrogen (secondary N) is 1. The van der Waals surface area contributed by atoms with E-state index in [9.17, 15) is 13.2 Å². The van der Waals surface area contributed by atoms with Crippen molar-refractivity contribution < 1.29 is 13.2 Å². The second-order valence-electron chi connectivity index (χ2n) is 6.78. The van der Waals surface area contributed by atoms with Crippen LogP contribution in [0.25, 0.3) is 0 Å². The molecular formula is C21H28N2O3S2. The number of nitrogens with zero attached hydrogens (tertiary/aromatic N) is 1. The summed E-state index contributed by atoms with van der Waals surface area (Å²) in [6, 6.07) is 13.8. The summed E-state index contributed by atoms with van der Waals surface area (Å²) in [5.41, 5.74) is 1.49. The molecule has 7 heteroatoms. The molecule has 1 amide bonds. The number of amides is 1. The molecule has 5 nitrogen and oxygen atoms in total. The molecule has 2 aromatic carbocycles. The number of anilines is 1. The van der Waals surface area contributed by atoms with Gasteiger partial charge in [0.05, 0.1) is 10.6 Å². The molecule has 152 valence electrons. The Kier molecular flexibility index (Phi) is 7.95. The third-order valence-corrected chi connectivity index (χ3v) is 6.92. The van der Waals surface area contributed by atoms with Crippen molar-refractivity contribution in [3.8, 4) is 0 Å². The van der Waals surface area contributed by atoms with Gasteiger partial charge in [0.1, 0.15) is 6.54 Å². The summed E-state index contributed by atoms with van der Waals surface area (Å²) in [6.45, 7) is 5.64. The van der Waals surface area contributed by atoms with Crippen molar-refractivity contribution in [2.45, 2.75) is 49.4 Å². The summed E-state index contributed by atoms with van der Waals surface area (Å²) in [6.07, 6.45) is 3.73. The maximum Gasteiger partial charge on any atom is 0.264 e. The molecule has 0 aliphatic rings. The van der Waals surface area contributed by atoms with E-state index in [0.29, 0.717) is 5.69 Å². The fourth-order valence-corrected chi connectivity index (χ4v) is 4.69. The van der Waals surface area contributed by atoms with Gasteiger partial charge in [-0.05, 0) is 62.9 Å². The molecule has 28 heavy (non-hydrogen) atoms. The molecule has 0 aromatic heterocycles. The summed E-state index contributed by atoms with van der Waals surface area (Å²) < 4.78 is 27.8. The molecule has 0 aliphatic heterocycles. The second kappa shape index (κ2) is 9.98. The fourth-order valence-electron chi connectivity index (χ4n) is 2.86. The number of rotatable bonds is 9. The maximum absolute atomic E-state index is 13.3. The Morgan fingerprint density at radius 1 is 1.11 bits per heavy atom. The minimum atomic E-state index is -3.87.